The molecule has 0 atom stereocenters. The highest BCUT2D eigenvalue weighted by Crippen LogP contribution is 2.25. The van der Waals surface area contributed by atoms with Gasteiger partial charge in [0.05, 0.1) is 10.6 Å². The van der Waals surface area contributed by atoms with Gasteiger partial charge in [0.15, 0.2) is 9.84 Å². The van der Waals surface area contributed by atoms with Crippen LogP contribution in [0.25, 0.3) is 0 Å². The minimum Gasteiger partial charge on any atom is -0.366 e. The minimum atomic E-state index is -3.37. The Morgan fingerprint density at radius 2 is 2.05 bits per heavy atom. The Morgan fingerprint density at radius 3 is 2.58 bits per heavy atom. The van der Waals surface area contributed by atoms with Crippen LogP contribution < -0.4 is 10.2 Å². The van der Waals surface area contributed by atoms with Crippen LogP contribution in [0.3, 0.4) is 0 Å². The molecule has 19 heavy (non-hydrogen) atoms. The molecule has 0 unspecified atom stereocenters. The van der Waals surface area contributed by atoms with Gasteiger partial charge in [0.2, 0.25) is 0 Å². The zero-order chi connectivity index (χ0) is 14.3. The van der Waals surface area contributed by atoms with Crippen LogP contribution in [0.1, 0.15) is 13.8 Å². The van der Waals surface area contributed by atoms with Gasteiger partial charge in [0.25, 0.3) is 0 Å². The summed E-state index contributed by atoms with van der Waals surface area (Å²) in [5.74, 6) is -0.486. The molecule has 6 heteroatoms. The van der Waals surface area contributed by atoms with Gasteiger partial charge in [-0.15, -0.1) is 0 Å². The van der Waals surface area contributed by atoms with Crippen molar-refractivity contribution in [3.63, 3.8) is 0 Å². The zero-order valence-electron chi connectivity index (χ0n) is 11.4. The average Bonchev–Trinajstić information content (AvgIpc) is 2.26. The molecule has 0 aliphatic carbocycles. The Kier molecular flexibility index (Phi) is 3.57. The van der Waals surface area contributed by atoms with E-state index in [0.717, 1.165) is 18.9 Å². The van der Waals surface area contributed by atoms with E-state index in [9.17, 15) is 12.8 Å². The molecule has 1 aromatic rings. The quantitative estimate of drug-likeness (QED) is 0.893. The van der Waals surface area contributed by atoms with Crippen LogP contribution in [-0.2, 0) is 9.84 Å². The Morgan fingerprint density at radius 1 is 1.37 bits per heavy atom. The lowest BCUT2D eigenvalue weighted by Crippen LogP contribution is -2.57. The molecule has 1 heterocycles. The van der Waals surface area contributed by atoms with Gasteiger partial charge < -0.3 is 10.2 Å². The second kappa shape index (κ2) is 4.76. The van der Waals surface area contributed by atoms with Gasteiger partial charge in [-0.05, 0) is 32.0 Å². The minimum absolute atomic E-state index is 0.0168. The van der Waals surface area contributed by atoms with Crippen LogP contribution in [0.2, 0.25) is 0 Å². The summed E-state index contributed by atoms with van der Waals surface area (Å²) in [6.07, 6.45) is 1.08. The Bertz CT molecular complexity index is 584. The van der Waals surface area contributed by atoms with Crippen molar-refractivity contribution in [3.8, 4) is 0 Å². The molecule has 1 saturated heterocycles. The van der Waals surface area contributed by atoms with Crippen molar-refractivity contribution in [2.75, 3.05) is 30.8 Å². The number of sulfone groups is 1. The summed E-state index contributed by atoms with van der Waals surface area (Å²) in [7, 11) is -3.37. The first-order valence-electron chi connectivity index (χ1n) is 6.19. The van der Waals surface area contributed by atoms with Crippen molar-refractivity contribution < 1.29 is 12.8 Å². The molecule has 1 aromatic carbocycles. The molecule has 0 radical (unpaired) electrons. The van der Waals surface area contributed by atoms with Gasteiger partial charge in [0.1, 0.15) is 5.82 Å². The van der Waals surface area contributed by atoms with Crippen LogP contribution in [-0.4, -0.2) is 39.8 Å². The molecule has 1 aliphatic rings. The van der Waals surface area contributed by atoms with Gasteiger partial charge in [-0.25, -0.2) is 12.8 Å². The van der Waals surface area contributed by atoms with Crippen molar-refractivity contribution >= 4 is 15.5 Å². The fourth-order valence-electron chi connectivity index (χ4n) is 2.32. The highest BCUT2D eigenvalue weighted by molar-refractivity contribution is 7.90. The number of piperazine rings is 1. The molecule has 0 spiro atoms. The van der Waals surface area contributed by atoms with Gasteiger partial charge in [-0.3, -0.25) is 0 Å². The van der Waals surface area contributed by atoms with E-state index in [-0.39, 0.29) is 10.4 Å². The van der Waals surface area contributed by atoms with Crippen LogP contribution in [0, 0.1) is 5.82 Å². The Labute approximate surface area is 113 Å². The third-order valence-corrected chi connectivity index (χ3v) is 4.37. The normalized spacial score (nSPS) is 19.5. The Hall–Kier alpha value is -1.14. The summed E-state index contributed by atoms with van der Waals surface area (Å²) in [4.78, 5) is 1.96. The first kappa shape index (κ1) is 14.3. The molecule has 1 fully saturated rings. The third-order valence-electron chi connectivity index (χ3n) is 3.26. The van der Waals surface area contributed by atoms with Gasteiger partial charge in [-0.2, -0.15) is 0 Å². The van der Waals surface area contributed by atoms with E-state index < -0.39 is 15.7 Å². The summed E-state index contributed by atoms with van der Waals surface area (Å²) < 4.78 is 36.9. The number of nitrogens with one attached hydrogen (secondary N) is 1. The van der Waals surface area contributed by atoms with Gasteiger partial charge in [0, 0.05) is 31.4 Å². The first-order chi connectivity index (χ1) is 8.69. The number of hydrogen-bond acceptors (Lipinski definition) is 4. The van der Waals surface area contributed by atoms with Crippen LogP contribution in [0.4, 0.5) is 10.1 Å². The second-order valence-corrected chi connectivity index (χ2v) is 7.63. The monoisotopic (exact) mass is 286 g/mol. The molecule has 1 aliphatic heterocycles. The topological polar surface area (TPSA) is 49.4 Å². The van der Waals surface area contributed by atoms with E-state index in [0.29, 0.717) is 18.8 Å². The number of benzene rings is 1. The zero-order valence-corrected chi connectivity index (χ0v) is 12.2. The molecule has 2 rings (SSSR count). The van der Waals surface area contributed by atoms with Crippen molar-refractivity contribution in [1.82, 2.24) is 5.32 Å². The van der Waals surface area contributed by atoms with Gasteiger partial charge >= 0.3 is 0 Å². The summed E-state index contributed by atoms with van der Waals surface area (Å²) in [6, 6.07) is 4.11. The highest BCUT2D eigenvalue weighted by Gasteiger charge is 2.27. The molecular formula is C13H19FN2O2S. The molecule has 4 nitrogen and oxygen atoms in total. The number of rotatable bonds is 2. The predicted octanol–water partition coefficient (Wildman–Crippen LogP) is 1.42. The second-order valence-electron chi connectivity index (χ2n) is 5.62. The molecule has 0 amide bonds. The Balaban J connectivity index is 2.31. The number of anilines is 1. The fourth-order valence-corrected chi connectivity index (χ4v) is 2.95. The molecule has 1 N–H and O–H groups in total. The van der Waals surface area contributed by atoms with E-state index in [1.54, 1.807) is 6.07 Å². The largest absolute Gasteiger partial charge is 0.366 e. The van der Waals surface area contributed by atoms with Crippen LogP contribution in [0.15, 0.2) is 23.1 Å². The lowest BCUT2D eigenvalue weighted by Gasteiger charge is -2.40. The maximum Gasteiger partial charge on any atom is 0.175 e. The predicted molar refractivity (Wildman–Crippen MR) is 73.8 cm³/mol. The SMILES string of the molecule is CC1(C)CN(c2ccc(S(C)(=O)=O)cc2F)CCN1. The maximum atomic E-state index is 14.1. The van der Waals surface area contributed by atoms with E-state index >= 15 is 0 Å². The maximum absolute atomic E-state index is 14.1. The van der Waals surface area contributed by atoms with E-state index in [1.165, 1.54) is 6.07 Å². The summed E-state index contributed by atoms with van der Waals surface area (Å²) in [5.41, 5.74) is 0.377. The third kappa shape index (κ3) is 3.25. The number of nitrogens with zero attached hydrogens (tertiary/aromatic N) is 1. The standard InChI is InChI=1S/C13H19FN2O2S/c1-13(2)9-16(7-6-15-13)12-5-4-10(8-11(12)14)19(3,17)18/h4-5,8,15H,6-7,9H2,1-3H3. The fraction of sp³-hybridized carbons (Fsp3) is 0.538. The van der Waals surface area contributed by atoms with Crippen LogP contribution in [0.5, 0.6) is 0 Å². The summed E-state index contributed by atoms with van der Waals surface area (Å²) >= 11 is 0. The average molecular weight is 286 g/mol. The number of halogens is 1. The lowest BCUT2D eigenvalue weighted by molar-refractivity contribution is 0.351. The molecule has 0 bridgehead atoms. The highest BCUT2D eigenvalue weighted by atomic mass is 32.2. The first-order valence-corrected chi connectivity index (χ1v) is 8.08. The van der Waals surface area contributed by atoms with Crippen molar-refractivity contribution in [2.24, 2.45) is 0 Å². The van der Waals surface area contributed by atoms with Crippen molar-refractivity contribution in [3.05, 3.63) is 24.0 Å². The van der Waals surface area contributed by atoms with Crippen LogP contribution >= 0.6 is 0 Å². The van der Waals surface area contributed by atoms with Crippen molar-refractivity contribution in [2.45, 2.75) is 24.3 Å². The molecule has 0 aromatic heterocycles. The lowest BCUT2D eigenvalue weighted by atomic mass is 10.0. The smallest absolute Gasteiger partial charge is 0.175 e. The summed E-state index contributed by atoms with van der Waals surface area (Å²) in [6.45, 7) is 6.28. The van der Waals surface area contributed by atoms with E-state index in [1.807, 2.05) is 4.90 Å². The molecular weight excluding hydrogens is 267 g/mol. The molecule has 0 saturated carbocycles. The molecule has 106 valence electrons. The number of hydrogen-bond donors (Lipinski definition) is 1. The van der Waals surface area contributed by atoms with Gasteiger partial charge in [-0.1, -0.05) is 0 Å². The van der Waals surface area contributed by atoms with E-state index in [4.69, 9.17) is 0 Å². The van der Waals surface area contributed by atoms with Crippen molar-refractivity contribution in [1.29, 1.82) is 0 Å². The van der Waals surface area contributed by atoms with E-state index in [2.05, 4.69) is 19.2 Å². The summed E-state index contributed by atoms with van der Waals surface area (Å²) in [5, 5.41) is 3.35.